The second-order valence-electron chi connectivity index (χ2n) is 3.70. The minimum absolute atomic E-state index is 0.00706. The monoisotopic (exact) mass is 285 g/mol. The standard InChI is InChI=1S/C12H16BrNO2/c1-9-4-5-11(13)10(8-9)12(15)14(2)6-7-16-3/h4-5,8H,6-7H2,1-3H3. The molecule has 0 aliphatic heterocycles. The minimum atomic E-state index is 0.00706. The van der Waals surface area contributed by atoms with Gasteiger partial charge in [0.25, 0.3) is 5.91 Å². The second-order valence-corrected chi connectivity index (χ2v) is 4.56. The molecule has 1 rings (SSSR count). The Morgan fingerprint density at radius 3 is 2.81 bits per heavy atom. The zero-order chi connectivity index (χ0) is 12.1. The first kappa shape index (κ1) is 13.2. The summed E-state index contributed by atoms with van der Waals surface area (Å²) in [5.74, 6) is 0.00706. The maximum absolute atomic E-state index is 12.1. The van der Waals surface area contributed by atoms with Crippen LogP contribution < -0.4 is 0 Å². The van der Waals surface area contributed by atoms with Crippen molar-refractivity contribution >= 4 is 21.8 Å². The first-order valence-corrected chi connectivity index (χ1v) is 5.86. The third-order valence-corrected chi connectivity index (χ3v) is 3.02. The van der Waals surface area contributed by atoms with Crippen molar-refractivity contribution in [3.63, 3.8) is 0 Å². The number of halogens is 1. The van der Waals surface area contributed by atoms with Crippen molar-refractivity contribution in [3.05, 3.63) is 33.8 Å². The molecule has 0 fully saturated rings. The molecule has 3 nitrogen and oxygen atoms in total. The molecule has 0 aliphatic carbocycles. The molecule has 16 heavy (non-hydrogen) atoms. The van der Waals surface area contributed by atoms with E-state index in [-0.39, 0.29) is 5.91 Å². The van der Waals surface area contributed by atoms with Crippen LogP contribution in [0.1, 0.15) is 15.9 Å². The molecular weight excluding hydrogens is 270 g/mol. The Morgan fingerprint density at radius 2 is 2.19 bits per heavy atom. The number of rotatable bonds is 4. The molecule has 0 unspecified atom stereocenters. The van der Waals surface area contributed by atoms with Crippen molar-refractivity contribution in [1.82, 2.24) is 4.90 Å². The molecule has 0 saturated carbocycles. The highest BCUT2D eigenvalue weighted by molar-refractivity contribution is 9.10. The van der Waals surface area contributed by atoms with Gasteiger partial charge < -0.3 is 9.64 Å². The van der Waals surface area contributed by atoms with Crippen LogP contribution in [0.4, 0.5) is 0 Å². The molecule has 1 aromatic rings. The van der Waals surface area contributed by atoms with Gasteiger partial charge in [-0.05, 0) is 35.0 Å². The van der Waals surface area contributed by atoms with Gasteiger partial charge in [-0.15, -0.1) is 0 Å². The van der Waals surface area contributed by atoms with E-state index in [0.717, 1.165) is 10.0 Å². The van der Waals surface area contributed by atoms with Crippen LogP contribution in [0, 0.1) is 6.92 Å². The molecule has 0 aromatic heterocycles. The van der Waals surface area contributed by atoms with Crippen LogP contribution in [-0.4, -0.2) is 38.1 Å². The number of benzene rings is 1. The zero-order valence-electron chi connectivity index (χ0n) is 9.79. The van der Waals surface area contributed by atoms with Gasteiger partial charge in [-0.2, -0.15) is 0 Å². The maximum atomic E-state index is 12.1. The third kappa shape index (κ3) is 3.32. The average molecular weight is 286 g/mol. The highest BCUT2D eigenvalue weighted by Gasteiger charge is 2.14. The quantitative estimate of drug-likeness (QED) is 0.851. The molecule has 0 N–H and O–H groups in total. The SMILES string of the molecule is COCCN(C)C(=O)c1cc(C)ccc1Br. The molecule has 0 bridgehead atoms. The Kier molecular flexibility index (Phi) is 4.96. The number of amides is 1. The molecule has 1 amide bonds. The van der Waals surface area contributed by atoms with Crippen LogP contribution in [-0.2, 0) is 4.74 Å². The molecule has 4 heteroatoms. The van der Waals surface area contributed by atoms with Crippen LogP contribution in [0.2, 0.25) is 0 Å². The molecular formula is C12H16BrNO2. The summed E-state index contributed by atoms with van der Waals surface area (Å²) in [4.78, 5) is 13.7. The lowest BCUT2D eigenvalue weighted by Crippen LogP contribution is -2.30. The van der Waals surface area contributed by atoms with Crippen molar-refractivity contribution in [2.24, 2.45) is 0 Å². The number of hydrogen-bond acceptors (Lipinski definition) is 2. The summed E-state index contributed by atoms with van der Waals surface area (Å²) in [6, 6.07) is 5.75. The fourth-order valence-corrected chi connectivity index (χ4v) is 1.75. The Balaban J connectivity index is 2.83. The number of aryl methyl sites for hydroxylation is 1. The molecule has 0 heterocycles. The Labute approximate surface area is 105 Å². The summed E-state index contributed by atoms with van der Waals surface area (Å²) in [5.41, 5.74) is 1.77. The van der Waals surface area contributed by atoms with E-state index in [4.69, 9.17) is 4.74 Å². The molecule has 0 radical (unpaired) electrons. The molecule has 0 atom stereocenters. The highest BCUT2D eigenvalue weighted by Crippen LogP contribution is 2.19. The van der Waals surface area contributed by atoms with Gasteiger partial charge in [0, 0.05) is 25.2 Å². The summed E-state index contributed by atoms with van der Waals surface area (Å²) in [6.07, 6.45) is 0. The number of carbonyl (C=O) groups is 1. The van der Waals surface area contributed by atoms with Gasteiger partial charge in [0.1, 0.15) is 0 Å². The first-order chi connectivity index (χ1) is 7.56. The minimum Gasteiger partial charge on any atom is -0.383 e. The smallest absolute Gasteiger partial charge is 0.254 e. The van der Waals surface area contributed by atoms with E-state index in [9.17, 15) is 4.79 Å². The van der Waals surface area contributed by atoms with Crippen LogP contribution >= 0.6 is 15.9 Å². The molecule has 88 valence electrons. The first-order valence-electron chi connectivity index (χ1n) is 5.07. The molecule has 0 saturated heterocycles. The lowest BCUT2D eigenvalue weighted by Gasteiger charge is -2.17. The Morgan fingerprint density at radius 1 is 1.50 bits per heavy atom. The number of nitrogens with zero attached hydrogens (tertiary/aromatic N) is 1. The van der Waals surface area contributed by atoms with Gasteiger partial charge in [-0.1, -0.05) is 11.6 Å². The largest absolute Gasteiger partial charge is 0.383 e. The molecule has 0 spiro atoms. The number of likely N-dealkylation sites (N-methyl/N-ethyl adjacent to an activating group) is 1. The summed E-state index contributed by atoms with van der Waals surface area (Å²) >= 11 is 3.39. The molecule has 1 aromatic carbocycles. The topological polar surface area (TPSA) is 29.5 Å². The van der Waals surface area contributed by atoms with Gasteiger partial charge >= 0.3 is 0 Å². The van der Waals surface area contributed by atoms with Crippen molar-refractivity contribution in [2.75, 3.05) is 27.3 Å². The number of ether oxygens (including phenoxy) is 1. The fraction of sp³-hybridized carbons (Fsp3) is 0.417. The van der Waals surface area contributed by atoms with Gasteiger partial charge in [-0.3, -0.25) is 4.79 Å². The highest BCUT2D eigenvalue weighted by atomic mass is 79.9. The Bertz CT molecular complexity index is 379. The van der Waals surface area contributed by atoms with Gasteiger partial charge in [0.2, 0.25) is 0 Å². The summed E-state index contributed by atoms with van der Waals surface area (Å²) < 4.78 is 5.77. The van der Waals surface area contributed by atoms with E-state index in [1.165, 1.54) is 0 Å². The maximum Gasteiger partial charge on any atom is 0.254 e. The molecule has 0 aliphatic rings. The average Bonchev–Trinajstić information content (AvgIpc) is 2.28. The number of hydrogen-bond donors (Lipinski definition) is 0. The van der Waals surface area contributed by atoms with E-state index in [0.29, 0.717) is 18.7 Å². The van der Waals surface area contributed by atoms with E-state index < -0.39 is 0 Å². The van der Waals surface area contributed by atoms with Crippen molar-refractivity contribution in [2.45, 2.75) is 6.92 Å². The predicted octanol–water partition coefficient (Wildman–Crippen LogP) is 2.48. The van der Waals surface area contributed by atoms with Gasteiger partial charge in [0.15, 0.2) is 0 Å². The van der Waals surface area contributed by atoms with Gasteiger partial charge in [-0.25, -0.2) is 0 Å². The van der Waals surface area contributed by atoms with E-state index >= 15 is 0 Å². The fourth-order valence-electron chi connectivity index (χ4n) is 1.34. The summed E-state index contributed by atoms with van der Waals surface area (Å²) in [5, 5.41) is 0. The van der Waals surface area contributed by atoms with Crippen molar-refractivity contribution in [1.29, 1.82) is 0 Å². The van der Waals surface area contributed by atoms with Crippen LogP contribution in [0.5, 0.6) is 0 Å². The lowest BCUT2D eigenvalue weighted by atomic mass is 10.1. The van der Waals surface area contributed by atoms with E-state index in [2.05, 4.69) is 15.9 Å². The second kappa shape index (κ2) is 6.01. The number of methoxy groups -OCH3 is 1. The van der Waals surface area contributed by atoms with Crippen LogP contribution in [0.25, 0.3) is 0 Å². The summed E-state index contributed by atoms with van der Waals surface area (Å²) in [6.45, 7) is 3.11. The summed E-state index contributed by atoms with van der Waals surface area (Å²) in [7, 11) is 3.40. The third-order valence-electron chi connectivity index (χ3n) is 2.33. The van der Waals surface area contributed by atoms with Crippen molar-refractivity contribution < 1.29 is 9.53 Å². The van der Waals surface area contributed by atoms with E-state index in [1.807, 2.05) is 25.1 Å². The van der Waals surface area contributed by atoms with Crippen LogP contribution in [0.3, 0.4) is 0 Å². The van der Waals surface area contributed by atoms with Crippen molar-refractivity contribution in [3.8, 4) is 0 Å². The van der Waals surface area contributed by atoms with Gasteiger partial charge in [0.05, 0.1) is 12.2 Å². The zero-order valence-corrected chi connectivity index (χ0v) is 11.4. The normalized spacial score (nSPS) is 10.2. The van der Waals surface area contributed by atoms with E-state index in [1.54, 1.807) is 19.1 Å². The number of carbonyl (C=O) groups excluding carboxylic acids is 1. The Hall–Kier alpha value is -0.870. The van der Waals surface area contributed by atoms with Crippen LogP contribution in [0.15, 0.2) is 22.7 Å². The lowest BCUT2D eigenvalue weighted by molar-refractivity contribution is 0.0743. The predicted molar refractivity (Wildman–Crippen MR) is 67.7 cm³/mol.